The number of benzene rings is 1. The average Bonchev–Trinajstić information content (AvgIpc) is 3.34. The first-order chi connectivity index (χ1) is 14.3. The number of furan rings is 1. The van der Waals surface area contributed by atoms with Crippen molar-refractivity contribution in [3.05, 3.63) is 47.9 Å². The molecular weight excluding hydrogens is 384 g/mol. The number of hydrogen-bond acceptors (Lipinski definition) is 6. The topological polar surface area (TPSA) is 91.8 Å². The van der Waals surface area contributed by atoms with Crippen LogP contribution in [0.15, 0.2) is 45.3 Å². The molecule has 1 N–H and O–H groups in total. The molecule has 0 radical (unpaired) electrons. The van der Waals surface area contributed by atoms with Crippen LogP contribution in [0.5, 0.6) is 0 Å². The van der Waals surface area contributed by atoms with Crippen molar-refractivity contribution in [2.45, 2.75) is 26.2 Å². The van der Waals surface area contributed by atoms with Gasteiger partial charge in [0.2, 0.25) is 11.8 Å². The molecule has 158 valence electrons. The second kappa shape index (κ2) is 7.95. The molecule has 1 aromatic carbocycles. The zero-order valence-electron chi connectivity index (χ0n) is 17.5. The number of carbonyl (C=O) groups is 2. The second-order valence-electron chi connectivity index (χ2n) is 8.59. The summed E-state index contributed by atoms with van der Waals surface area (Å²) in [7, 11) is 0. The van der Waals surface area contributed by atoms with Crippen molar-refractivity contribution < 1.29 is 18.5 Å². The number of amides is 2. The molecule has 1 saturated heterocycles. The lowest BCUT2D eigenvalue weighted by Gasteiger charge is -2.33. The fourth-order valence-corrected chi connectivity index (χ4v) is 3.42. The average molecular weight is 410 g/mol. The lowest BCUT2D eigenvalue weighted by Crippen LogP contribution is -2.50. The number of hydrogen-bond donors (Lipinski definition) is 1. The lowest BCUT2D eigenvalue weighted by molar-refractivity contribution is -0.117. The summed E-state index contributed by atoms with van der Waals surface area (Å²) in [6, 6.07) is 11.1. The zero-order chi connectivity index (χ0) is 21.3. The van der Waals surface area contributed by atoms with Crippen LogP contribution in [0.3, 0.4) is 0 Å². The first-order valence-electron chi connectivity index (χ1n) is 10.1. The second-order valence-corrected chi connectivity index (χ2v) is 8.59. The van der Waals surface area contributed by atoms with Crippen molar-refractivity contribution in [1.29, 1.82) is 0 Å². The minimum atomic E-state index is -0.163. The van der Waals surface area contributed by atoms with Gasteiger partial charge in [0.1, 0.15) is 5.58 Å². The maximum Gasteiger partial charge on any atom is 0.289 e. The molecule has 30 heavy (non-hydrogen) atoms. The standard InChI is InChI=1S/C22H26N4O4/c1-22(2,3)18-13-20(30-24-18)23-19(27)14-25-8-10-26(11-9-25)21(28)17-12-15-6-4-5-7-16(15)29-17/h4-7,12-13H,8-11,14H2,1-3H3,(H,23,27). The van der Waals surface area contributed by atoms with Gasteiger partial charge in [-0.05, 0) is 12.1 Å². The molecule has 8 heteroatoms. The SMILES string of the molecule is CC(C)(C)c1cc(NC(=O)CN2CCN(C(=O)c3cc4ccccc4o3)CC2)on1. The lowest BCUT2D eigenvalue weighted by atomic mass is 9.92. The Morgan fingerprint density at radius 2 is 1.83 bits per heavy atom. The molecule has 4 rings (SSSR count). The normalized spacial score (nSPS) is 15.5. The Kier molecular flexibility index (Phi) is 5.34. The quantitative estimate of drug-likeness (QED) is 0.711. The molecule has 1 aliphatic heterocycles. The molecule has 3 aromatic rings. The Labute approximate surface area is 174 Å². The van der Waals surface area contributed by atoms with E-state index in [1.165, 1.54) is 0 Å². The molecule has 1 fully saturated rings. The number of piperazine rings is 1. The van der Waals surface area contributed by atoms with Gasteiger partial charge in [-0.1, -0.05) is 44.1 Å². The fraction of sp³-hybridized carbons (Fsp3) is 0.409. The van der Waals surface area contributed by atoms with Crippen LogP contribution < -0.4 is 5.32 Å². The van der Waals surface area contributed by atoms with Crippen LogP contribution in [0.1, 0.15) is 37.0 Å². The van der Waals surface area contributed by atoms with E-state index in [9.17, 15) is 9.59 Å². The Bertz CT molecular complexity index is 1020. The van der Waals surface area contributed by atoms with Crippen LogP contribution in [0.2, 0.25) is 0 Å². The van der Waals surface area contributed by atoms with Gasteiger partial charge in [0.25, 0.3) is 5.91 Å². The van der Waals surface area contributed by atoms with E-state index in [1.807, 2.05) is 49.9 Å². The van der Waals surface area contributed by atoms with E-state index in [1.54, 1.807) is 17.0 Å². The minimum Gasteiger partial charge on any atom is -0.451 e. The maximum atomic E-state index is 12.7. The molecule has 0 bridgehead atoms. The molecule has 3 heterocycles. The van der Waals surface area contributed by atoms with Crippen LogP contribution in [-0.4, -0.2) is 59.5 Å². The Morgan fingerprint density at radius 3 is 2.50 bits per heavy atom. The first-order valence-corrected chi connectivity index (χ1v) is 10.1. The van der Waals surface area contributed by atoms with Gasteiger partial charge < -0.3 is 13.8 Å². The molecule has 0 aliphatic carbocycles. The van der Waals surface area contributed by atoms with Gasteiger partial charge in [0.15, 0.2) is 5.76 Å². The highest BCUT2D eigenvalue weighted by molar-refractivity contribution is 5.96. The van der Waals surface area contributed by atoms with Gasteiger partial charge in [-0.2, -0.15) is 0 Å². The van der Waals surface area contributed by atoms with Gasteiger partial charge in [-0.25, -0.2) is 0 Å². The van der Waals surface area contributed by atoms with Crippen LogP contribution in [0, 0.1) is 0 Å². The van der Waals surface area contributed by atoms with E-state index < -0.39 is 0 Å². The van der Waals surface area contributed by atoms with Crippen molar-refractivity contribution >= 4 is 28.7 Å². The Morgan fingerprint density at radius 1 is 1.10 bits per heavy atom. The van der Waals surface area contributed by atoms with Gasteiger partial charge in [-0.3, -0.25) is 19.8 Å². The molecule has 8 nitrogen and oxygen atoms in total. The van der Waals surface area contributed by atoms with E-state index in [-0.39, 0.29) is 23.8 Å². The number of aromatic nitrogens is 1. The number of carbonyl (C=O) groups excluding carboxylic acids is 2. The van der Waals surface area contributed by atoms with E-state index >= 15 is 0 Å². The molecule has 0 saturated carbocycles. The molecule has 2 amide bonds. The third-order valence-electron chi connectivity index (χ3n) is 5.20. The van der Waals surface area contributed by atoms with Crippen molar-refractivity contribution in [2.24, 2.45) is 0 Å². The van der Waals surface area contributed by atoms with E-state index in [0.717, 1.165) is 11.1 Å². The van der Waals surface area contributed by atoms with Crippen molar-refractivity contribution in [3.63, 3.8) is 0 Å². The number of rotatable bonds is 4. The number of nitrogens with zero attached hydrogens (tertiary/aromatic N) is 3. The smallest absolute Gasteiger partial charge is 0.289 e. The molecule has 0 spiro atoms. The van der Waals surface area contributed by atoms with Crippen LogP contribution >= 0.6 is 0 Å². The summed E-state index contributed by atoms with van der Waals surface area (Å²) in [5, 5.41) is 7.67. The van der Waals surface area contributed by atoms with Gasteiger partial charge in [0.05, 0.1) is 12.2 Å². The van der Waals surface area contributed by atoms with Crippen LogP contribution in [0.25, 0.3) is 11.0 Å². The van der Waals surface area contributed by atoms with Crippen LogP contribution in [-0.2, 0) is 10.2 Å². The molecule has 0 atom stereocenters. The largest absolute Gasteiger partial charge is 0.451 e. The van der Waals surface area contributed by atoms with Crippen LogP contribution in [0.4, 0.5) is 5.88 Å². The number of fused-ring (bicyclic) bond motifs is 1. The highest BCUT2D eigenvalue weighted by Gasteiger charge is 2.26. The summed E-state index contributed by atoms with van der Waals surface area (Å²) in [5.74, 6) is 0.418. The maximum absolute atomic E-state index is 12.7. The van der Waals surface area contributed by atoms with E-state index in [4.69, 9.17) is 8.94 Å². The summed E-state index contributed by atoms with van der Waals surface area (Å²) in [5.41, 5.74) is 1.35. The number of para-hydroxylation sites is 1. The summed E-state index contributed by atoms with van der Waals surface area (Å²) in [4.78, 5) is 28.9. The summed E-state index contributed by atoms with van der Waals surface area (Å²) < 4.78 is 10.9. The highest BCUT2D eigenvalue weighted by atomic mass is 16.5. The first kappa shape index (κ1) is 20.2. The molecule has 0 unspecified atom stereocenters. The predicted octanol–water partition coefficient (Wildman–Crippen LogP) is 3.11. The highest BCUT2D eigenvalue weighted by Crippen LogP contribution is 2.24. The van der Waals surface area contributed by atoms with Crippen molar-refractivity contribution in [1.82, 2.24) is 15.0 Å². The Hall–Kier alpha value is -3.13. The minimum absolute atomic E-state index is 0.119. The number of nitrogens with one attached hydrogen (secondary N) is 1. The summed E-state index contributed by atoms with van der Waals surface area (Å²) >= 11 is 0. The zero-order valence-corrected chi connectivity index (χ0v) is 17.5. The third kappa shape index (κ3) is 4.38. The summed E-state index contributed by atoms with van der Waals surface area (Å²) in [6.45, 7) is 8.64. The monoisotopic (exact) mass is 410 g/mol. The molecule has 2 aromatic heterocycles. The predicted molar refractivity (Wildman–Crippen MR) is 112 cm³/mol. The third-order valence-corrected chi connectivity index (χ3v) is 5.20. The van der Waals surface area contributed by atoms with Crippen molar-refractivity contribution in [3.8, 4) is 0 Å². The fourth-order valence-electron chi connectivity index (χ4n) is 3.42. The van der Waals surface area contributed by atoms with Gasteiger partial charge in [0, 0.05) is 43.0 Å². The van der Waals surface area contributed by atoms with Crippen molar-refractivity contribution in [2.75, 3.05) is 38.0 Å². The van der Waals surface area contributed by atoms with E-state index in [2.05, 4.69) is 10.5 Å². The molecule has 1 aliphatic rings. The number of anilines is 1. The van der Waals surface area contributed by atoms with E-state index in [0.29, 0.717) is 43.4 Å². The molecular formula is C22H26N4O4. The Balaban J connectivity index is 1.28. The van der Waals surface area contributed by atoms with Gasteiger partial charge in [-0.15, -0.1) is 0 Å². The van der Waals surface area contributed by atoms with Gasteiger partial charge >= 0.3 is 0 Å². The summed E-state index contributed by atoms with van der Waals surface area (Å²) in [6.07, 6.45) is 0.